The Bertz CT molecular complexity index is 564. The van der Waals surface area contributed by atoms with Crippen LogP contribution in [-0.4, -0.2) is 31.8 Å². The largest absolute Gasteiger partial charge is 0.377 e. The van der Waals surface area contributed by atoms with Crippen LogP contribution in [-0.2, 0) is 26.0 Å². The van der Waals surface area contributed by atoms with Gasteiger partial charge >= 0.3 is 0 Å². The molecule has 4 nitrogen and oxygen atoms in total. The van der Waals surface area contributed by atoms with E-state index in [0.29, 0.717) is 32.5 Å². The molecule has 0 N–H and O–H groups in total. The Labute approximate surface area is 146 Å². The number of Topliss-reactive ketones (excluding diaryl/α,β-unsaturated/α-hetero) is 1. The van der Waals surface area contributed by atoms with Crippen LogP contribution in [0, 0.1) is 0 Å². The van der Waals surface area contributed by atoms with E-state index in [4.69, 9.17) is 4.74 Å². The van der Waals surface area contributed by atoms with E-state index in [0.717, 1.165) is 24.8 Å². The van der Waals surface area contributed by atoms with Gasteiger partial charge in [-0.05, 0) is 38.7 Å². The van der Waals surface area contributed by atoms with Crippen molar-refractivity contribution in [2.24, 2.45) is 0 Å². The number of hydrogen-bond acceptors (Lipinski definition) is 4. The summed E-state index contributed by atoms with van der Waals surface area (Å²) in [6.07, 6.45) is 4.04. The Balaban J connectivity index is 1.99. The second-order valence-electron chi connectivity index (χ2n) is 6.41. The monoisotopic (exact) mass is 354 g/mol. The molecule has 0 aliphatic rings. The summed E-state index contributed by atoms with van der Waals surface area (Å²) in [5.74, 6) is 0.469. The molecule has 0 saturated heterocycles. The zero-order valence-corrected chi connectivity index (χ0v) is 15.7. The van der Waals surface area contributed by atoms with Crippen molar-refractivity contribution in [3.05, 3.63) is 35.9 Å². The zero-order chi connectivity index (χ0) is 17.8. The van der Waals surface area contributed by atoms with E-state index in [9.17, 15) is 13.2 Å². The van der Waals surface area contributed by atoms with Crippen LogP contribution in [0.5, 0.6) is 0 Å². The highest BCUT2D eigenvalue weighted by atomic mass is 32.2. The number of unbranched alkanes of at least 4 members (excludes halogenated alkanes) is 2. The molecule has 0 unspecified atom stereocenters. The molecule has 1 aromatic rings. The number of sulfone groups is 1. The SMILES string of the molecule is CC(C)S(=O)(=O)CCCCCC(=O)CCCOCc1ccccc1. The predicted molar refractivity (Wildman–Crippen MR) is 97.7 cm³/mol. The number of ketones is 1. The molecule has 5 heteroatoms. The summed E-state index contributed by atoms with van der Waals surface area (Å²) in [7, 11) is -2.94. The number of rotatable bonds is 13. The van der Waals surface area contributed by atoms with E-state index in [1.807, 2.05) is 30.3 Å². The van der Waals surface area contributed by atoms with Gasteiger partial charge < -0.3 is 4.74 Å². The van der Waals surface area contributed by atoms with Crippen LogP contribution in [0.3, 0.4) is 0 Å². The minimum absolute atomic E-state index is 0.228. The van der Waals surface area contributed by atoms with Crippen LogP contribution in [0.1, 0.15) is 57.9 Å². The third-order valence-corrected chi connectivity index (χ3v) is 6.25. The summed E-state index contributed by atoms with van der Waals surface area (Å²) < 4.78 is 28.9. The summed E-state index contributed by atoms with van der Waals surface area (Å²) in [6.45, 7) is 4.59. The number of benzene rings is 1. The maximum Gasteiger partial charge on any atom is 0.152 e. The minimum Gasteiger partial charge on any atom is -0.377 e. The van der Waals surface area contributed by atoms with Crippen molar-refractivity contribution in [2.45, 2.75) is 64.2 Å². The Morgan fingerprint density at radius 1 is 1.00 bits per heavy atom. The number of carbonyl (C=O) groups is 1. The van der Waals surface area contributed by atoms with Crippen LogP contribution in [0.25, 0.3) is 0 Å². The van der Waals surface area contributed by atoms with Crippen molar-refractivity contribution < 1.29 is 17.9 Å². The van der Waals surface area contributed by atoms with Gasteiger partial charge in [0.15, 0.2) is 9.84 Å². The van der Waals surface area contributed by atoms with Crippen molar-refractivity contribution in [1.82, 2.24) is 0 Å². The molecule has 1 rings (SSSR count). The van der Waals surface area contributed by atoms with E-state index in [1.54, 1.807) is 13.8 Å². The lowest BCUT2D eigenvalue weighted by atomic mass is 10.1. The molecule has 0 aliphatic carbocycles. The highest BCUT2D eigenvalue weighted by molar-refractivity contribution is 7.91. The van der Waals surface area contributed by atoms with Gasteiger partial charge in [0.1, 0.15) is 5.78 Å². The van der Waals surface area contributed by atoms with E-state index in [-0.39, 0.29) is 16.8 Å². The van der Waals surface area contributed by atoms with Gasteiger partial charge in [-0.3, -0.25) is 4.79 Å². The number of hydrogen-bond donors (Lipinski definition) is 0. The fourth-order valence-electron chi connectivity index (χ4n) is 2.30. The Morgan fingerprint density at radius 2 is 1.67 bits per heavy atom. The molecule has 0 spiro atoms. The first-order chi connectivity index (χ1) is 11.4. The smallest absolute Gasteiger partial charge is 0.152 e. The van der Waals surface area contributed by atoms with Crippen molar-refractivity contribution in [2.75, 3.05) is 12.4 Å². The van der Waals surface area contributed by atoms with Gasteiger partial charge in [0, 0.05) is 19.4 Å². The second-order valence-corrected chi connectivity index (χ2v) is 9.08. The molecule has 0 radical (unpaired) electrons. The summed E-state index contributed by atoms with van der Waals surface area (Å²) in [5.41, 5.74) is 1.14. The molecular weight excluding hydrogens is 324 g/mol. The molecule has 0 saturated carbocycles. The van der Waals surface area contributed by atoms with Crippen LogP contribution in [0.4, 0.5) is 0 Å². The molecule has 0 atom stereocenters. The highest BCUT2D eigenvalue weighted by Gasteiger charge is 2.15. The third-order valence-electron chi connectivity index (χ3n) is 3.96. The lowest BCUT2D eigenvalue weighted by Gasteiger charge is -2.07. The van der Waals surface area contributed by atoms with Crippen molar-refractivity contribution in [1.29, 1.82) is 0 Å². The summed E-state index contributed by atoms with van der Waals surface area (Å²) in [5, 5.41) is -0.310. The van der Waals surface area contributed by atoms with Gasteiger partial charge in [-0.1, -0.05) is 36.8 Å². The second kappa shape index (κ2) is 11.4. The van der Waals surface area contributed by atoms with Gasteiger partial charge in [0.2, 0.25) is 0 Å². The molecule has 0 amide bonds. The zero-order valence-electron chi connectivity index (χ0n) is 14.9. The van der Waals surface area contributed by atoms with Crippen molar-refractivity contribution in [3.8, 4) is 0 Å². The first-order valence-electron chi connectivity index (χ1n) is 8.77. The third kappa shape index (κ3) is 9.18. The summed E-state index contributed by atoms with van der Waals surface area (Å²) >= 11 is 0. The molecule has 136 valence electrons. The minimum atomic E-state index is -2.94. The van der Waals surface area contributed by atoms with E-state index < -0.39 is 9.84 Å². The topological polar surface area (TPSA) is 60.4 Å². The van der Waals surface area contributed by atoms with Crippen molar-refractivity contribution >= 4 is 15.6 Å². The molecule has 0 fully saturated rings. The average molecular weight is 355 g/mol. The Kier molecular flexibility index (Phi) is 9.88. The fourth-order valence-corrected chi connectivity index (χ4v) is 3.38. The van der Waals surface area contributed by atoms with E-state index in [1.165, 1.54) is 0 Å². The van der Waals surface area contributed by atoms with E-state index in [2.05, 4.69) is 0 Å². The molecule has 0 bridgehead atoms. The summed E-state index contributed by atoms with van der Waals surface area (Å²) in [4.78, 5) is 11.8. The molecule has 24 heavy (non-hydrogen) atoms. The van der Waals surface area contributed by atoms with Gasteiger partial charge in [0.25, 0.3) is 0 Å². The first kappa shape index (κ1) is 20.8. The fraction of sp³-hybridized carbons (Fsp3) is 0.632. The molecule has 0 heterocycles. The lowest BCUT2D eigenvalue weighted by molar-refractivity contribution is -0.119. The van der Waals surface area contributed by atoms with Crippen LogP contribution in [0.15, 0.2) is 30.3 Å². The maximum absolute atomic E-state index is 11.8. The van der Waals surface area contributed by atoms with Gasteiger partial charge in [0.05, 0.1) is 17.6 Å². The first-order valence-corrected chi connectivity index (χ1v) is 10.5. The van der Waals surface area contributed by atoms with Gasteiger partial charge in [-0.2, -0.15) is 0 Å². The molecule has 1 aromatic carbocycles. The average Bonchev–Trinajstić information content (AvgIpc) is 2.55. The lowest BCUT2D eigenvalue weighted by Crippen LogP contribution is -2.17. The normalized spacial score (nSPS) is 11.8. The maximum atomic E-state index is 11.8. The standard InChI is InChI=1S/C19H30O4S/c1-17(2)24(21,22)15-8-4-7-12-19(20)13-9-14-23-16-18-10-5-3-6-11-18/h3,5-6,10-11,17H,4,7-9,12-16H2,1-2H3. The van der Waals surface area contributed by atoms with Gasteiger partial charge in [-0.15, -0.1) is 0 Å². The molecular formula is C19H30O4S. The van der Waals surface area contributed by atoms with Crippen LogP contribution in [0.2, 0.25) is 0 Å². The molecule has 0 aromatic heterocycles. The van der Waals surface area contributed by atoms with Gasteiger partial charge in [-0.25, -0.2) is 8.42 Å². The number of carbonyl (C=O) groups excluding carboxylic acids is 1. The van der Waals surface area contributed by atoms with E-state index >= 15 is 0 Å². The highest BCUT2D eigenvalue weighted by Crippen LogP contribution is 2.09. The number of ether oxygens (including phenoxy) is 1. The Morgan fingerprint density at radius 3 is 2.33 bits per heavy atom. The van der Waals surface area contributed by atoms with Crippen LogP contribution >= 0.6 is 0 Å². The Hall–Kier alpha value is -1.20. The predicted octanol–water partition coefficient (Wildman–Crippen LogP) is 3.94. The quantitative estimate of drug-likeness (QED) is 0.504. The van der Waals surface area contributed by atoms with Crippen LogP contribution < -0.4 is 0 Å². The summed E-state index contributed by atoms with van der Waals surface area (Å²) in [6, 6.07) is 9.97. The van der Waals surface area contributed by atoms with Crippen molar-refractivity contribution in [3.63, 3.8) is 0 Å². The molecule has 0 aliphatic heterocycles.